The maximum Gasteiger partial charge on any atom is 0.232 e. The first-order valence-electron chi connectivity index (χ1n) is 11.8. The van der Waals surface area contributed by atoms with Crippen molar-refractivity contribution in [2.24, 2.45) is 0 Å². The van der Waals surface area contributed by atoms with Gasteiger partial charge >= 0.3 is 0 Å². The molecule has 0 amide bonds. The highest BCUT2D eigenvalue weighted by atomic mass is 16.3. The maximum atomic E-state index is 9.13. The minimum Gasteiger partial charge on any atom is -0.396 e. The minimum atomic E-state index is 0.137. The number of aliphatic hydroxyl groups excluding tert-OH is 1. The molecule has 1 aliphatic heterocycles. The van der Waals surface area contributed by atoms with Crippen molar-refractivity contribution in [3.63, 3.8) is 0 Å². The number of nitrogens with one attached hydrogen (secondary N) is 2. The van der Waals surface area contributed by atoms with Crippen LogP contribution in [0.4, 0.5) is 23.5 Å². The lowest BCUT2D eigenvalue weighted by Crippen LogP contribution is -2.47. The molecule has 0 radical (unpaired) electrons. The van der Waals surface area contributed by atoms with Crippen LogP contribution in [-0.2, 0) is 12.8 Å². The predicted molar refractivity (Wildman–Crippen MR) is 132 cm³/mol. The number of aliphatic hydroxyl groups is 1. The van der Waals surface area contributed by atoms with Gasteiger partial charge in [0.1, 0.15) is 0 Å². The molecule has 2 heterocycles. The van der Waals surface area contributed by atoms with Crippen LogP contribution in [0.1, 0.15) is 17.5 Å². The van der Waals surface area contributed by atoms with Gasteiger partial charge in [0, 0.05) is 51.1 Å². The van der Waals surface area contributed by atoms with Gasteiger partial charge in [-0.1, -0.05) is 42.5 Å². The summed E-state index contributed by atoms with van der Waals surface area (Å²) in [5, 5.41) is 15.9. The Hall–Kier alpha value is -3.39. The summed E-state index contributed by atoms with van der Waals surface area (Å²) in [5.41, 5.74) is 4.03. The first-order valence-corrected chi connectivity index (χ1v) is 11.8. The van der Waals surface area contributed by atoms with Crippen LogP contribution in [0.5, 0.6) is 0 Å². The normalized spacial score (nSPS) is 16.0. The molecule has 8 nitrogen and oxygen atoms in total. The van der Waals surface area contributed by atoms with Crippen molar-refractivity contribution in [1.82, 2.24) is 15.0 Å². The standard InChI is InChI=1S/C25H31N7O/c33-16-6-11-26-23-28-24(27-21-17-19-7-4-5-8-20(19)18-21)30-25(29-23)32-14-12-31(13-15-32)22-9-2-1-3-10-22/h1-5,7-10,21,33H,6,11-18H2,(H2,26,27,28,29,30). The number of benzene rings is 2. The van der Waals surface area contributed by atoms with Gasteiger partial charge < -0.3 is 25.5 Å². The fourth-order valence-corrected chi connectivity index (χ4v) is 4.58. The smallest absolute Gasteiger partial charge is 0.232 e. The van der Waals surface area contributed by atoms with Gasteiger partial charge in [0.2, 0.25) is 17.8 Å². The van der Waals surface area contributed by atoms with Crippen molar-refractivity contribution in [3.8, 4) is 0 Å². The monoisotopic (exact) mass is 445 g/mol. The summed E-state index contributed by atoms with van der Waals surface area (Å²) in [6.07, 6.45) is 2.60. The largest absolute Gasteiger partial charge is 0.396 e. The zero-order valence-corrected chi connectivity index (χ0v) is 18.8. The number of piperazine rings is 1. The Balaban J connectivity index is 1.30. The fraction of sp³-hybridized carbons (Fsp3) is 0.400. The molecule has 172 valence electrons. The van der Waals surface area contributed by atoms with Crippen molar-refractivity contribution in [1.29, 1.82) is 0 Å². The van der Waals surface area contributed by atoms with Crippen LogP contribution in [0.15, 0.2) is 54.6 Å². The summed E-state index contributed by atoms with van der Waals surface area (Å²) in [6, 6.07) is 19.4. The van der Waals surface area contributed by atoms with Crippen molar-refractivity contribution in [3.05, 3.63) is 65.7 Å². The van der Waals surface area contributed by atoms with Crippen molar-refractivity contribution in [2.45, 2.75) is 25.3 Å². The molecule has 1 aromatic heterocycles. The van der Waals surface area contributed by atoms with E-state index in [0.29, 0.717) is 30.8 Å². The van der Waals surface area contributed by atoms with Gasteiger partial charge in [0.15, 0.2) is 0 Å². The van der Waals surface area contributed by atoms with Crippen LogP contribution in [-0.4, -0.2) is 65.4 Å². The number of aromatic nitrogens is 3. The molecule has 2 aliphatic rings. The molecule has 3 aromatic rings. The van der Waals surface area contributed by atoms with Crippen LogP contribution in [0.2, 0.25) is 0 Å². The van der Waals surface area contributed by atoms with Gasteiger partial charge in [-0.25, -0.2) is 0 Å². The van der Waals surface area contributed by atoms with Gasteiger partial charge in [-0.15, -0.1) is 0 Å². The lowest BCUT2D eigenvalue weighted by Gasteiger charge is -2.36. The molecule has 8 heteroatoms. The third-order valence-corrected chi connectivity index (χ3v) is 6.31. The number of rotatable bonds is 8. The summed E-state index contributed by atoms with van der Waals surface area (Å²) in [7, 11) is 0. The number of hydrogen-bond donors (Lipinski definition) is 3. The summed E-state index contributed by atoms with van der Waals surface area (Å²) in [4.78, 5) is 18.7. The number of fused-ring (bicyclic) bond motifs is 1. The van der Waals surface area contributed by atoms with E-state index in [1.807, 2.05) is 6.07 Å². The first kappa shape index (κ1) is 21.5. The lowest BCUT2D eigenvalue weighted by molar-refractivity contribution is 0.292. The molecule has 0 spiro atoms. The molecule has 0 unspecified atom stereocenters. The Morgan fingerprint density at radius 2 is 1.42 bits per heavy atom. The van der Waals surface area contributed by atoms with E-state index >= 15 is 0 Å². The number of para-hydroxylation sites is 1. The summed E-state index contributed by atoms with van der Waals surface area (Å²) in [5.74, 6) is 1.86. The summed E-state index contributed by atoms with van der Waals surface area (Å²) < 4.78 is 0. The van der Waals surface area contributed by atoms with E-state index in [1.54, 1.807) is 0 Å². The second kappa shape index (κ2) is 10.0. The van der Waals surface area contributed by atoms with E-state index in [1.165, 1.54) is 16.8 Å². The number of anilines is 4. The molecule has 0 bridgehead atoms. The molecule has 2 aromatic carbocycles. The fourth-order valence-electron chi connectivity index (χ4n) is 4.58. The molecule has 1 fully saturated rings. The first-order chi connectivity index (χ1) is 16.3. The molecule has 33 heavy (non-hydrogen) atoms. The second-order valence-electron chi connectivity index (χ2n) is 8.61. The highest BCUT2D eigenvalue weighted by Gasteiger charge is 2.24. The minimum absolute atomic E-state index is 0.137. The van der Waals surface area contributed by atoms with Gasteiger partial charge in [0.25, 0.3) is 0 Å². The maximum absolute atomic E-state index is 9.13. The van der Waals surface area contributed by atoms with Gasteiger partial charge in [-0.2, -0.15) is 15.0 Å². The van der Waals surface area contributed by atoms with E-state index < -0.39 is 0 Å². The zero-order valence-electron chi connectivity index (χ0n) is 18.8. The van der Waals surface area contributed by atoms with E-state index in [4.69, 9.17) is 15.1 Å². The van der Waals surface area contributed by atoms with Gasteiger partial charge in [-0.05, 0) is 42.5 Å². The van der Waals surface area contributed by atoms with Crippen molar-refractivity contribution in [2.75, 3.05) is 59.8 Å². The Morgan fingerprint density at radius 3 is 2.12 bits per heavy atom. The molecule has 0 saturated carbocycles. The van der Waals surface area contributed by atoms with Crippen LogP contribution < -0.4 is 20.4 Å². The van der Waals surface area contributed by atoms with E-state index in [0.717, 1.165) is 39.0 Å². The van der Waals surface area contributed by atoms with Gasteiger partial charge in [0.05, 0.1) is 0 Å². The van der Waals surface area contributed by atoms with Crippen molar-refractivity contribution >= 4 is 23.5 Å². The van der Waals surface area contributed by atoms with Crippen LogP contribution in [0.25, 0.3) is 0 Å². The Kier molecular flexibility index (Phi) is 6.53. The van der Waals surface area contributed by atoms with Crippen LogP contribution >= 0.6 is 0 Å². The molecule has 0 atom stereocenters. The number of hydrogen-bond acceptors (Lipinski definition) is 8. The third kappa shape index (κ3) is 5.17. The predicted octanol–water partition coefficient (Wildman–Crippen LogP) is 2.57. The molecular formula is C25H31N7O. The molecule has 3 N–H and O–H groups in total. The molecule has 5 rings (SSSR count). The topological polar surface area (TPSA) is 89.4 Å². The lowest BCUT2D eigenvalue weighted by atomic mass is 10.1. The van der Waals surface area contributed by atoms with E-state index in [2.05, 4.69) is 73.9 Å². The molecule has 1 aliphatic carbocycles. The van der Waals surface area contributed by atoms with Crippen molar-refractivity contribution < 1.29 is 5.11 Å². The Bertz CT molecular complexity index is 1030. The summed E-state index contributed by atoms with van der Waals surface area (Å²) >= 11 is 0. The van der Waals surface area contributed by atoms with Gasteiger partial charge in [-0.3, -0.25) is 0 Å². The number of nitrogens with zero attached hydrogens (tertiary/aromatic N) is 5. The average molecular weight is 446 g/mol. The zero-order chi connectivity index (χ0) is 22.5. The third-order valence-electron chi connectivity index (χ3n) is 6.31. The second-order valence-corrected chi connectivity index (χ2v) is 8.61. The average Bonchev–Trinajstić information content (AvgIpc) is 3.27. The van der Waals surface area contributed by atoms with E-state index in [9.17, 15) is 0 Å². The Labute approximate surface area is 194 Å². The highest BCUT2D eigenvalue weighted by molar-refractivity contribution is 5.50. The van der Waals surface area contributed by atoms with E-state index in [-0.39, 0.29) is 12.6 Å². The molecule has 1 saturated heterocycles. The van der Waals surface area contributed by atoms with Crippen LogP contribution in [0.3, 0.4) is 0 Å². The molecular weight excluding hydrogens is 414 g/mol. The highest BCUT2D eigenvalue weighted by Crippen LogP contribution is 2.25. The SMILES string of the molecule is OCCCNc1nc(NC2Cc3ccccc3C2)nc(N2CCN(c3ccccc3)CC2)n1. The summed E-state index contributed by atoms with van der Waals surface area (Å²) in [6.45, 7) is 4.30. The van der Waals surface area contributed by atoms with Crippen LogP contribution in [0, 0.1) is 0 Å². The Morgan fingerprint density at radius 1 is 0.788 bits per heavy atom. The quantitative estimate of drug-likeness (QED) is 0.456.